The minimum Gasteiger partial charge on any atom is -0.391 e. The number of likely N-dealkylation sites (tertiary alicyclic amines) is 1. The van der Waals surface area contributed by atoms with Crippen LogP contribution in [0.25, 0.3) is 10.4 Å². The van der Waals surface area contributed by atoms with Crippen molar-refractivity contribution in [1.29, 1.82) is 0 Å². The van der Waals surface area contributed by atoms with E-state index < -0.39 is 171 Å². The molecule has 1 fully saturated rings. The van der Waals surface area contributed by atoms with Crippen molar-refractivity contribution in [3.05, 3.63) is 10.4 Å². The van der Waals surface area contributed by atoms with Gasteiger partial charge in [-0.15, -0.1) is 0 Å². The van der Waals surface area contributed by atoms with Gasteiger partial charge in [-0.1, -0.05) is 11.5 Å². The van der Waals surface area contributed by atoms with E-state index in [2.05, 4.69) is 83.0 Å². The van der Waals surface area contributed by atoms with Gasteiger partial charge in [-0.2, -0.15) is 0 Å². The fourth-order valence-corrected chi connectivity index (χ4v) is 9.73. The van der Waals surface area contributed by atoms with Gasteiger partial charge in [0.1, 0.15) is 60.4 Å². The van der Waals surface area contributed by atoms with Crippen molar-refractivity contribution >= 4 is 96.5 Å². The highest BCUT2D eigenvalue weighted by Gasteiger charge is 2.40. The van der Waals surface area contributed by atoms with Crippen molar-refractivity contribution in [3.8, 4) is 0 Å². The molecule has 0 bridgehead atoms. The number of nitrogens with one attached hydrogen (secondary N) is 11. The van der Waals surface area contributed by atoms with E-state index in [1.807, 2.05) is 0 Å². The number of rotatable bonds is 48. The summed E-state index contributed by atoms with van der Waals surface area (Å²) in [6.45, 7) is 2.52. The Morgan fingerprint density at radius 3 is 1.53 bits per heavy atom. The summed E-state index contributed by atoms with van der Waals surface area (Å²) in [6.07, 6.45) is 0.848. The number of nitrogens with zero attached hydrogens (tertiary/aromatic N) is 6. The lowest BCUT2D eigenvalue weighted by molar-refractivity contribution is -0.142. The van der Waals surface area contributed by atoms with E-state index >= 15 is 0 Å². The van der Waals surface area contributed by atoms with Crippen LogP contribution in [0.4, 0.5) is 0 Å². The Morgan fingerprint density at radius 2 is 1.02 bits per heavy atom. The van der Waals surface area contributed by atoms with Gasteiger partial charge in [0.15, 0.2) is 11.9 Å². The predicted molar refractivity (Wildman–Crippen MR) is 348 cm³/mol. The van der Waals surface area contributed by atoms with Gasteiger partial charge in [-0.05, 0) is 129 Å². The normalized spacial score (nSPS) is 15.7. The van der Waals surface area contributed by atoms with E-state index in [0.29, 0.717) is 32.2 Å². The number of hydrogen-bond acceptors (Lipinski definition) is 21. The minimum absolute atomic E-state index is 0.00603. The Kier molecular flexibility index (Phi) is 40.9. The number of guanidine groups is 2. The molecular weight excluding hydrogens is 1300 g/mol. The molecule has 1 rings (SSSR count). The second kappa shape index (κ2) is 46.2. The zero-order valence-corrected chi connectivity index (χ0v) is 55.9. The first-order valence-electron chi connectivity index (χ1n) is 31.4. The van der Waals surface area contributed by atoms with Crippen molar-refractivity contribution in [2.45, 2.75) is 191 Å². The number of phosphoric acid groups is 1. The van der Waals surface area contributed by atoms with Crippen LogP contribution < -0.4 is 98.6 Å². The maximum absolute atomic E-state index is 14.0. The maximum Gasteiger partial charge on any atom is 0.469 e. The highest BCUT2D eigenvalue weighted by molar-refractivity contribution is 7.46. The van der Waals surface area contributed by atoms with Crippen LogP contribution in [0.3, 0.4) is 0 Å². The third-order valence-corrected chi connectivity index (χ3v) is 14.9. The molecule has 0 aliphatic carbocycles. The molecule has 548 valence electrons. The van der Waals surface area contributed by atoms with E-state index in [0.717, 1.165) is 13.8 Å². The van der Waals surface area contributed by atoms with Crippen molar-refractivity contribution in [2.24, 2.45) is 55.2 Å². The molecule has 97 heavy (non-hydrogen) atoms. The number of aliphatic hydroxyl groups excluding tert-OH is 1. The van der Waals surface area contributed by atoms with Gasteiger partial charge in [0.25, 0.3) is 0 Å². The summed E-state index contributed by atoms with van der Waals surface area (Å²) >= 11 is 0. The number of carbonyl (C=O) groups excluding carboxylic acids is 13. The van der Waals surface area contributed by atoms with Crippen LogP contribution in [0.15, 0.2) is 15.1 Å². The zero-order chi connectivity index (χ0) is 73.4. The van der Waals surface area contributed by atoms with Crippen LogP contribution in [0, 0.1) is 0 Å². The number of amides is 13. The molecule has 0 aromatic heterocycles. The summed E-state index contributed by atoms with van der Waals surface area (Å²) < 4.78 is 16.4. The summed E-state index contributed by atoms with van der Waals surface area (Å²) in [5.74, 6) is -12.4. The van der Waals surface area contributed by atoms with E-state index in [9.17, 15) is 81.8 Å². The average molecular weight is 1400 g/mol. The van der Waals surface area contributed by atoms with Gasteiger partial charge in [0.2, 0.25) is 76.8 Å². The molecule has 13 amide bonds. The number of unbranched alkanes of at least 4 members (excludes halogenated alkanes) is 3. The largest absolute Gasteiger partial charge is 0.469 e. The second-order valence-electron chi connectivity index (χ2n) is 22.6. The lowest BCUT2D eigenvalue weighted by Crippen LogP contribution is -2.61. The van der Waals surface area contributed by atoms with Crippen molar-refractivity contribution < 1.29 is 86.3 Å². The Morgan fingerprint density at radius 1 is 0.557 bits per heavy atom. The lowest BCUT2D eigenvalue weighted by Gasteiger charge is -2.29. The summed E-state index contributed by atoms with van der Waals surface area (Å²) in [7, 11) is -5.39. The smallest absolute Gasteiger partial charge is 0.391 e. The summed E-state index contributed by atoms with van der Waals surface area (Å²) in [6, 6.07) is -14.2. The van der Waals surface area contributed by atoms with Crippen LogP contribution in [0.2, 0.25) is 0 Å². The topological polar surface area (TPSA) is 700 Å². The molecule has 1 aliphatic heterocycles. The standard InChI is InChI=1S/C54H99N24O18P/c1-29(68-32(4)80)44(84)72-36(17-11-22-63-53(58)59)47(87)73-35(15-6-9-21-56)48(88)75-38(28-96-97(93,94)95)49(89)76-42(31(3)79)51(91)66-26-40(81)65-27-41(82)70-34(16-7-10-24-67-77-62)45(85)69-30(2)52(92)78-25-13-19-39(78)50(90)74-37(18-12-23-64-54(60)61)46(86)71-33(43(57)83)14-5-8-20-55/h29-31,33-39,42,79H,5-28,55-56H2,1-4H3,(H2,57,83)(H,65,81)(H,66,91)(H,68,80)(H,69,85)(H,70,82)(H,71,86)(H,72,84)(H,73,87)(H,74,90)(H,75,88)(H,76,89)(H4,58,59,63)(H4,60,61,64)(H2,93,94,95)/t29-,30-,31+,33-,34-,35-,36-,37-,38-,39-,42-/m0/s1. The molecule has 43 heteroatoms. The summed E-state index contributed by atoms with van der Waals surface area (Å²) in [5.41, 5.74) is 47.2. The van der Waals surface area contributed by atoms with E-state index in [4.69, 9.17) is 45.7 Å². The molecule has 1 aliphatic rings. The predicted octanol–water partition coefficient (Wildman–Crippen LogP) is -8.55. The highest BCUT2D eigenvalue weighted by Crippen LogP contribution is 2.35. The number of hydrogen-bond donors (Lipinski definition) is 21. The molecule has 11 atom stereocenters. The molecule has 42 nitrogen and oxygen atoms in total. The third-order valence-electron chi connectivity index (χ3n) is 14.4. The quantitative estimate of drug-likeness (QED) is 0.00512. The number of phosphoric ester groups is 1. The van der Waals surface area contributed by atoms with E-state index in [1.54, 1.807) is 0 Å². The van der Waals surface area contributed by atoms with Crippen LogP contribution >= 0.6 is 7.82 Å². The molecule has 0 radical (unpaired) electrons. The number of azide groups is 1. The fraction of sp³-hybridized carbons (Fsp3) is 0.722. The molecule has 0 aromatic rings. The lowest BCUT2D eigenvalue weighted by atomic mass is 10.1. The first-order valence-corrected chi connectivity index (χ1v) is 32.9. The summed E-state index contributed by atoms with van der Waals surface area (Å²) in [4.78, 5) is 204. The number of aliphatic imine (C=N–C) groups is 2. The second-order valence-corrected chi connectivity index (χ2v) is 23.8. The molecule has 0 spiro atoms. The first kappa shape index (κ1) is 86.0. The van der Waals surface area contributed by atoms with E-state index in [-0.39, 0.29) is 115 Å². The van der Waals surface area contributed by atoms with Crippen LogP contribution in [-0.2, 0) is 71.4 Å². The molecule has 0 aromatic carbocycles. The van der Waals surface area contributed by atoms with E-state index in [1.165, 1.54) is 18.7 Å². The monoisotopic (exact) mass is 1400 g/mol. The molecule has 1 saturated heterocycles. The first-order chi connectivity index (χ1) is 45.7. The van der Waals surface area contributed by atoms with Gasteiger partial charge in [0, 0.05) is 38.0 Å². The van der Waals surface area contributed by atoms with Crippen molar-refractivity contribution in [2.75, 3.05) is 59.0 Å². The number of nitrogens with two attached hydrogens (primary N) is 7. The zero-order valence-electron chi connectivity index (χ0n) is 55.0. The van der Waals surface area contributed by atoms with Crippen LogP contribution in [-0.4, -0.2) is 234 Å². The van der Waals surface area contributed by atoms with Crippen molar-refractivity contribution in [3.63, 3.8) is 0 Å². The van der Waals surface area contributed by atoms with Crippen LogP contribution in [0.1, 0.15) is 124 Å². The number of primary amides is 1. The minimum atomic E-state index is -5.39. The molecule has 1 heterocycles. The van der Waals surface area contributed by atoms with Crippen LogP contribution in [0.5, 0.6) is 0 Å². The number of aliphatic hydroxyl groups is 1. The molecule has 0 unspecified atom stereocenters. The Labute approximate surface area is 559 Å². The SMILES string of the molecule is CC(=O)N[C@@H](C)C(=O)N[C@@H](CCCN=C(N)N)C(=O)N[C@@H](CCCCN)C(=O)N[C@@H](COP(=O)(O)O)C(=O)N[C@H](C(=O)NCC(=O)NCC(=O)N[C@@H](CCCCN=[N+]=[N-])C(=O)N[C@@H](C)C(=O)N1CCC[C@H]1C(=O)N[C@@H](CCCN=C(N)N)C(=O)N[C@@H](CCCCN)C(N)=O)[C@@H](C)O. The Bertz CT molecular complexity index is 2820. The Balaban J connectivity index is 3.26. The average Bonchev–Trinajstić information content (AvgIpc) is 1.77. The van der Waals surface area contributed by atoms with Gasteiger partial charge in [-0.25, -0.2) is 4.57 Å². The fourth-order valence-electron chi connectivity index (χ4n) is 9.39. The van der Waals surface area contributed by atoms with Crippen molar-refractivity contribution in [1.82, 2.24) is 63.4 Å². The molecule has 0 saturated carbocycles. The summed E-state index contributed by atoms with van der Waals surface area (Å²) in [5, 5.41) is 40.3. The highest BCUT2D eigenvalue weighted by atomic mass is 31.2. The van der Waals surface area contributed by atoms with Gasteiger partial charge in [0.05, 0.1) is 25.8 Å². The van der Waals surface area contributed by atoms with Gasteiger partial charge >= 0.3 is 7.82 Å². The third kappa shape index (κ3) is 36.0. The van der Waals surface area contributed by atoms with Gasteiger partial charge < -0.3 is 118 Å². The molecular formula is C54H99N24O18P. The Hall–Kier alpha value is -9.05. The molecule has 28 N–H and O–H groups in total. The number of carbonyl (C=O) groups is 13. The van der Waals surface area contributed by atoms with Gasteiger partial charge in [-0.3, -0.25) is 76.8 Å². The maximum atomic E-state index is 14.0.